The van der Waals surface area contributed by atoms with E-state index in [-0.39, 0.29) is 10.8 Å². The number of carbonyl (C=O) groups excluding carboxylic acids is 1. The predicted octanol–water partition coefficient (Wildman–Crippen LogP) is 1.03. The van der Waals surface area contributed by atoms with Gasteiger partial charge in [0.25, 0.3) is 0 Å². The van der Waals surface area contributed by atoms with Crippen molar-refractivity contribution in [1.29, 1.82) is 0 Å². The van der Waals surface area contributed by atoms with E-state index in [1.165, 1.54) is 24.3 Å². The summed E-state index contributed by atoms with van der Waals surface area (Å²) >= 11 is 0. The van der Waals surface area contributed by atoms with Crippen LogP contribution in [0.5, 0.6) is 0 Å². The molecule has 0 bridgehead atoms. The second-order valence-corrected chi connectivity index (χ2v) is 7.86. The fraction of sp³-hybridized carbons (Fsp3) is 0.467. The summed E-state index contributed by atoms with van der Waals surface area (Å²) in [6.45, 7) is 0.457. The molecular weight excluding hydrogens is 320 g/mol. The van der Waals surface area contributed by atoms with Crippen molar-refractivity contribution in [3.63, 3.8) is 0 Å². The van der Waals surface area contributed by atoms with E-state index in [1.807, 2.05) is 0 Å². The van der Waals surface area contributed by atoms with Gasteiger partial charge in [-0.05, 0) is 49.4 Å². The third kappa shape index (κ3) is 3.89. The maximum atomic E-state index is 12.1. The van der Waals surface area contributed by atoms with Crippen LogP contribution in [0.3, 0.4) is 0 Å². The third-order valence-corrected chi connectivity index (χ3v) is 5.57. The smallest absolute Gasteiger partial charge is 0.307 e. The minimum atomic E-state index is -3.52. The second-order valence-electron chi connectivity index (χ2n) is 6.10. The molecule has 23 heavy (non-hydrogen) atoms. The first kappa shape index (κ1) is 15.9. The largest absolute Gasteiger partial charge is 0.481 e. The van der Waals surface area contributed by atoms with Crippen molar-refractivity contribution in [2.24, 2.45) is 17.8 Å². The number of hydrogen-bond donors (Lipinski definition) is 3. The molecule has 0 aromatic heterocycles. The van der Waals surface area contributed by atoms with Crippen LogP contribution in [0, 0.1) is 17.8 Å². The van der Waals surface area contributed by atoms with Crippen molar-refractivity contribution in [3.05, 3.63) is 24.3 Å². The maximum absolute atomic E-state index is 12.1. The molecule has 8 heteroatoms. The Kier molecular flexibility index (Phi) is 4.11. The van der Waals surface area contributed by atoms with E-state index in [0.29, 0.717) is 24.6 Å². The predicted molar refractivity (Wildman–Crippen MR) is 82.2 cm³/mol. The Hall–Kier alpha value is -1.93. The number of aliphatic carboxylic acids is 1. The van der Waals surface area contributed by atoms with Crippen LogP contribution in [0.25, 0.3) is 0 Å². The fourth-order valence-corrected chi connectivity index (χ4v) is 3.46. The standard InChI is InChI=1S/C15H18N2O5S/c18-14(12-7-13(12)15(19)20)17-10-3-5-11(6-4-10)23(21,22)16-8-9-1-2-9/h3-6,9,12-13,16H,1-2,7-8H2,(H,17,18)(H,19,20)/t12-,13-/m1/s1. The molecule has 1 aromatic rings. The molecule has 2 saturated carbocycles. The maximum Gasteiger partial charge on any atom is 0.307 e. The number of hydrogen-bond acceptors (Lipinski definition) is 4. The van der Waals surface area contributed by atoms with Gasteiger partial charge < -0.3 is 10.4 Å². The number of nitrogens with one attached hydrogen (secondary N) is 2. The van der Waals surface area contributed by atoms with Gasteiger partial charge in [0.15, 0.2) is 0 Å². The number of benzene rings is 1. The van der Waals surface area contributed by atoms with Gasteiger partial charge >= 0.3 is 5.97 Å². The van der Waals surface area contributed by atoms with E-state index < -0.39 is 27.8 Å². The Balaban J connectivity index is 1.58. The lowest BCUT2D eigenvalue weighted by molar-refractivity contribution is -0.139. The molecule has 1 aromatic carbocycles. The zero-order valence-electron chi connectivity index (χ0n) is 12.4. The van der Waals surface area contributed by atoms with E-state index in [0.717, 1.165) is 12.8 Å². The highest BCUT2D eigenvalue weighted by molar-refractivity contribution is 7.89. The molecule has 0 aliphatic heterocycles. The SMILES string of the molecule is O=C(O)[C@@H]1C[C@H]1C(=O)Nc1ccc(S(=O)(=O)NCC2CC2)cc1. The number of sulfonamides is 1. The molecule has 2 atom stereocenters. The van der Waals surface area contributed by atoms with Gasteiger partial charge in [-0.2, -0.15) is 0 Å². The number of carbonyl (C=O) groups is 2. The molecule has 0 heterocycles. The average molecular weight is 338 g/mol. The van der Waals surface area contributed by atoms with Crippen molar-refractivity contribution in [3.8, 4) is 0 Å². The van der Waals surface area contributed by atoms with Crippen LogP contribution >= 0.6 is 0 Å². The second kappa shape index (κ2) is 5.93. The first-order valence-electron chi connectivity index (χ1n) is 7.50. The number of amides is 1. The van der Waals surface area contributed by atoms with Crippen molar-refractivity contribution in [2.45, 2.75) is 24.2 Å². The Labute approximate surface area is 134 Å². The zero-order chi connectivity index (χ0) is 16.6. The van der Waals surface area contributed by atoms with Gasteiger partial charge in [0.1, 0.15) is 0 Å². The van der Waals surface area contributed by atoms with Crippen LogP contribution < -0.4 is 10.0 Å². The van der Waals surface area contributed by atoms with Crippen molar-refractivity contribution < 1.29 is 23.1 Å². The monoisotopic (exact) mass is 338 g/mol. The molecule has 2 aliphatic rings. The van der Waals surface area contributed by atoms with E-state index in [4.69, 9.17) is 5.11 Å². The van der Waals surface area contributed by atoms with Gasteiger partial charge in [-0.1, -0.05) is 0 Å². The lowest BCUT2D eigenvalue weighted by atomic mass is 10.2. The summed E-state index contributed by atoms with van der Waals surface area (Å²) in [6, 6.07) is 5.85. The van der Waals surface area contributed by atoms with Gasteiger partial charge in [-0.3, -0.25) is 9.59 Å². The van der Waals surface area contributed by atoms with Gasteiger partial charge in [0.2, 0.25) is 15.9 Å². The van der Waals surface area contributed by atoms with E-state index in [2.05, 4.69) is 10.0 Å². The summed E-state index contributed by atoms with van der Waals surface area (Å²) < 4.78 is 26.7. The highest BCUT2D eigenvalue weighted by Gasteiger charge is 2.48. The number of anilines is 1. The number of carboxylic acids is 1. The van der Waals surface area contributed by atoms with E-state index in [1.54, 1.807) is 0 Å². The molecule has 2 aliphatic carbocycles. The molecule has 0 radical (unpaired) electrons. The Bertz CT molecular complexity index is 725. The molecule has 1 amide bonds. The molecule has 3 rings (SSSR count). The summed E-state index contributed by atoms with van der Waals surface area (Å²) in [6.07, 6.45) is 2.47. The van der Waals surface area contributed by atoms with Gasteiger partial charge in [-0.15, -0.1) is 0 Å². The van der Waals surface area contributed by atoms with Gasteiger partial charge in [0, 0.05) is 12.2 Å². The van der Waals surface area contributed by atoms with Crippen LogP contribution in [0.4, 0.5) is 5.69 Å². The van der Waals surface area contributed by atoms with Gasteiger partial charge in [0.05, 0.1) is 16.7 Å². The molecular formula is C15H18N2O5S. The Morgan fingerprint density at radius 3 is 2.30 bits per heavy atom. The average Bonchev–Trinajstić information content (AvgIpc) is 3.38. The highest BCUT2D eigenvalue weighted by Crippen LogP contribution is 2.39. The van der Waals surface area contributed by atoms with Crippen LogP contribution in [0.15, 0.2) is 29.2 Å². The van der Waals surface area contributed by atoms with Crippen LogP contribution in [0.1, 0.15) is 19.3 Å². The summed E-state index contributed by atoms with van der Waals surface area (Å²) in [7, 11) is -3.52. The minimum absolute atomic E-state index is 0.144. The normalized spacial score (nSPS) is 23.3. The zero-order valence-corrected chi connectivity index (χ0v) is 13.2. The molecule has 3 N–H and O–H groups in total. The van der Waals surface area contributed by atoms with Gasteiger partial charge in [-0.25, -0.2) is 13.1 Å². The molecule has 7 nitrogen and oxygen atoms in total. The Morgan fingerprint density at radius 2 is 1.78 bits per heavy atom. The fourth-order valence-electron chi connectivity index (χ4n) is 2.34. The topological polar surface area (TPSA) is 113 Å². The van der Waals surface area contributed by atoms with Crippen molar-refractivity contribution in [1.82, 2.24) is 4.72 Å². The van der Waals surface area contributed by atoms with Crippen LogP contribution in [-0.4, -0.2) is 31.9 Å². The molecule has 2 fully saturated rings. The molecule has 0 saturated heterocycles. The first-order valence-corrected chi connectivity index (χ1v) is 8.98. The third-order valence-electron chi connectivity index (χ3n) is 4.14. The lowest BCUT2D eigenvalue weighted by Gasteiger charge is -2.08. The van der Waals surface area contributed by atoms with Crippen LogP contribution in [0.2, 0.25) is 0 Å². The summed E-state index contributed by atoms with van der Waals surface area (Å²) in [5.74, 6) is -1.98. The summed E-state index contributed by atoms with van der Waals surface area (Å²) in [5.41, 5.74) is 0.451. The lowest BCUT2D eigenvalue weighted by Crippen LogP contribution is -2.25. The first-order chi connectivity index (χ1) is 10.9. The molecule has 124 valence electrons. The quantitative estimate of drug-likeness (QED) is 0.687. The van der Waals surface area contributed by atoms with E-state index in [9.17, 15) is 18.0 Å². The van der Waals surface area contributed by atoms with Crippen LogP contribution in [-0.2, 0) is 19.6 Å². The molecule has 0 unspecified atom stereocenters. The van der Waals surface area contributed by atoms with E-state index >= 15 is 0 Å². The number of carboxylic acid groups (broad SMARTS) is 1. The molecule has 0 spiro atoms. The summed E-state index contributed by atoms with van der Waals surface area (Å²) in [4.78, 5) is 22.7. The van der Waals surface area contributed by atoms with Crippen molar-refractivity contribution in [2.75, 3.05) is 11.9 Å². The highest BCUT2D eigenvalue weighted by atomic mass is 32.2. The Morgan fingerprint density at radius 1 is 1.13 bits per heavy atom. The minimum Gasteiger partial charge on any atom is -0.481 e. The summed E-state index contributed by atoms with van der Waals surface area (Å²) in [5, 5.41) is 11.4. The van der Waals surface area contributed by atoms with Crippen molar-refractivity contribution >= 4 is 27.6 Å². The number of rotatable bonds is 7.